The Balaban J connectivity index is 1.74. The van der Waals surface area contributed by atoms with Gasteiger partial charge < -0.3 is 4.98 Å². The van der Waals surface area contributed by atoms with Gasteiger partial charge in [-0.15, -0.1) is 0 Å². The lowest BCUT2D eigenvalue weighted by molar-refractivity contribution is 0.0888. The summed E-state index contributed by atoms with van der Waals surface area (Å²) in [5, 5.41) is 0.859. The Morgan fingerprint density at radius 2 is 1.89 bits per heavy atom. The van der Waals surface area contributed by atoms with Crippen LogP contribution in [-0.2, 0) is 0 Å². The Labute approximate surface area is 111 Å². The summed E-state index contributed by atoms with van der Waals surface area (Å²) in [5.74, 6) is 1.41. The van der Waals surface area contributed by atoms with E-state index in [4.69, 9.17) is 0 Å². The molecule has 2 aromatic rings. The Morgan fingerprint density at radius 3 is 2.53 bits per heavy atom. The standard InChI is InChI=1S/C16H16FNO/c17-11-5-6-12-13(8-18-14(12)7-11)16(19)15(9-1-2-9)10-3-4-10/h5-10,15,18H,1-4H2. The predicted octanol–water partition coefficient (Wildman–Crippen LogP) is 3.93. The van der Waals surface area contributed by atoms with Gasteiger partial charge in [0.2, 0.25) is 0 Å². The number of ketones is 1. The molecule has 0 radical (unpaired) electrons. The van der Waals surface area contributed by atoms with Crippen molar-refractivity contribution in [2.75, 3.05) is 0 Å². The Hall–Kier alpha value is -1.64. The lowest BCUT2D eigenvalue weighted by Crippen LogP contribution is -2.18. The quantitative estimate of drug-likeness (QED) is 0.827. The summed E-state index contributed by atoms with van der Waals surface area (Å²) in [7, 11) is 0. The molecule has 0 unspecified atom stereocenters. The van der Waals surface area contributed by atoms with Crippen molar-refractivity contribution in [1.82, 2.24) is 4.98 Å². The first kappa shape index (κ1) is 11.2. The van der Waals surface area contributed by atoms with Gasteiger partial charge in [-0.3, -0.25) is 4.79 Å². The highest BCUT2D eigenvalue weighted by Crippen LogP contribution is 2.50. The van der Waals surface area contributed by atoms with E-state index in [1.165, 1.54) is 37.8 Å². The van der Waals surface area contributed by atoms with Gasteiger partial charge in [0.15, 0.2) is 5.78 Å². The highest BCUT2D eigenvalue weighted by atomic mass is 19.1. The number of hydrogen-bond donors (Lipinski definition) is 1. The van der Waals surface area contributed by atoms with Crippen molar-refractivity contribution in [1.29, 1.82) is 0 Å². The third-order valence-corrected chi connectivity index (χ3v) is 4.47. The van der Waals surface area contributed by atoms with Crippen molar-refractivity contribution >= 4 is 16.7 Å². The van der Waals surface area contributed by atoms with Crippen LogP contribution >= 0.6 is 0 Å². The average molecular weight is 257 g/mol. The molecule has 1 N–H and O–H groups in total. The van der Waals surface area contributed by atoms with Crippen LogP contribution in [-0.4, -0.2) is 10.8 Å². The number of benzene rings is 1. The molecule has 0 atom stereocenters. The molecule has 2 nitrogen and oxygen atoms in total. The summed E-state index contributed by atoms with van der Waals surface area (Å²) in [5.41, 5.74) is 1.47. The van der Waals surface area contributed by atoms with Gasteiger partial charge in [-0.25, -0.2) is 4.39 Å². The molecule has 2 saturated carbocycles. The van der Waals surface area contributed by atoms with Crippen molar-refractivity contribution in [2.24, 2.45) is 17.8 Å². The smallest absolute Gasteiger partial charge is 0.168 e. The second-order valence-corrected chi connectivity index (χ2v) is 5.96. The van der Waals surface area contributed by atoms with Gasteiger partial charge in [-0.05, 0) is 55.7 Å². The topological polar surface area (TPSA) is 32.9 Å². The lowest BCUT2D eigenvalue weighted by Gasteiger charge is -2.13. The minimum absolute atomic E-state index is 0.212. The maximum atomic E-state index is 13.2. The van der Waals surface area contributed by atoms with Gasteiger partial charge in [0.1, 0.15) is 5.82 Å². The van der Waals surface area contributed by atoms with Crippen LogP contribution in [0.1, 0.15) is 36.0 Å². The molecule has 2 fully saturated rings. The van der Waals surface area contributed by atoms with Crippen molar-refractivity contribution in [2.45, 2.75) is 25.7 Å². The van der Waals surface area contributed by atoms with Gasteiger partial charge in [-0.1, -0.05) is 0 Å². The van der Waals surface area contributed by atoms with Crippen LogP contribution in [0.25, 0.3) is 10.9 Å². The van der Waals surface area contributed by atoms with E-state index < -0.39 is 0 Å². The van der Waals surface area contributed by atoms with Crippen molar-refractivity contribution in [3.63, 3.8) is 0 Å². The predicted molar refractivity (Wildman–Crippen MR) is 71.5 cm³/mol. The minimum Gasteiger partial charge on any atom is -0.360 e. The zero-order valence-electron chi connectivity index (χ0n) is 10.7. The molecule has 0 saturated heterocycles. The normalized spacial score (nSPS) is 19.3. The van der Waals surface area contributed by atoms with E-state index in [0.29, 0.717) is 17.4 Å². The summed E-state index contributed by atoms with van der Waals surface area (Å²) in [6.07, 6.45) is 6.55. The fourth-order valence-corrected chi connectivity index (χ4v) is 3.21. The van der Waals surface area contributed by atoms with Crippen molar-refractivity contribution < 1.29 is 9.18 Å². The lowest BCUT2D eigenvalue weighted by atomic mass is 9.89. The van der Waals surface area contributed by atoms with Gasteiger partial charge in [0.25, 0.3) is 0 Å². The van der Waals surface area contributed by atoms with Crippen LogP contribution in [0.3, 0.4) is 0 Å². The number of hydrogen-bond acceptors (Lipinski definition) is 1. The van der Waals surface area contributed by atoms with E-state index in [2.05, 4.69) is 4.98 Å². The van der Waals surface area contributed by atoms with Crippen LogP contribution in [0.4, 0.5) is 4.39 Å². The molecular weight excluding hydrogens is 241 g/mol. The Kier molecular flexibility index (Phi) is 2.32. The molecule has 1 aromatic heterocycles. The van der Waals surface area contributed by atoms with Crippen LogP contribution in [0.5, 0.6) is 0 Å². The summed E-state index contributed by atoms with van der Waals surface area (Å²) < 4.78 is 13.2. The van der Waals surface area contributed by atoms with Crippen LogP contribution < -0.4 is 0 Å². The first-order valence-electron chi connectivity index (χ1n) is 7.05. The largest absolute Gasteiger partial charge is 0.360 e. The fraction of sp³-hybridized carbons (Fsp3) is 0.438. The summed E-state index contributed by atoms with van der Waals surface area (Å²) >= 11 is 0. The highest BCUT2D eigenvalue weighted by Gasteiger charge is 2.45. The molecule has 98 valence electrons. The van der Waals surface area contributed by atoms with Crippen LogP contribution in [0, 0.1) is 23.6 Å². The maximum absolute atomic E-state index is 13.2. The molecule has 2 aliphatic rings. The van der Waals surface area contributed by atoms with Crippen LogP contribution in [0.15, 0.2) is 24.4 Å². The van der Waals surface area contributed by atoms with E-state index in [1.807, 2.05) is 0 Å². The second-order valence-electron chi connectivity index (χ2n) is 5.96. The number of carbonyl (C=O) groups excluding carboxylic acids is 1. The number of halogens is 1. The van der Waals surface area contributed by atoms with Gasteiger partial charge in [-0.2, -0.15) is 0 Å². The molecule has 0 aliphatic heterocycles. The number of H-pyrrole nitrogens is 1. The fourth-order valence-electron chi connectivity index (χ4n) is 3.21. The second kappa shape index (κ2) is 3.92. The highest BCUT2D eigenvalue weighted by molar-refractivity contribution is 6.09. The summed E-state index contributed by atoms with van der Waals surface area (Å²) in [6.45, 7) is 0. The molecular formula is C16H16FNO. The molecule has 4 rings (SSSR count). The van der Waals surface area contributed by atoms with E-state index in [-0.39, 0.29) is 17.5 Å². The monoisotopic (exact) mass is 257 g/mol. The average Bonchev–Trinajstić information content (AvgIpc) is 3.30. The number of fused-ring (bicyclic) bond motifs is 1. The van der Waals surface area contributed by atoms with Crippen molar-refractivity contribution in [3.8, 4) is 0 Å². The van der Waals surface area contributed by atoms with E-state index in [1.54, 1.807) is 12.3 Å². The molecule has 19 heavy (non-hydrogen) atoms. The molecule has 2 aliphatic carbocycles. The first-order chi connectivity index (χ1) is 9.24. The van der Waals surface area contributed by atoms with Gasteiger partial charge in [0, 0.05) is 28.6 Å². The van der Waals surface area contributed by atoms with Crippen LogP contribution in [0.2, 0.25) is 0 Å². The SMILES string of the molecule is O=C(c1c[nH]c2cc(F)ccc12)C(C1CC1)C1CC1. The van der Waals surface area contributed by atoms with Gasteiger partial charge >= 0.3 is 0 Å². The molecule has 0 spiro atoms. The molecule has 0 amide bonds. The number of carbonyl (C=O) groups is 1. The third-order valence-electron chi connectivity index (χ3n) is 4.47. The Bertz CT molecular complexity index is 640. The zero-order valence-corrected chi connectivity index (χ0v) is 10.7. The van der Waals surface area contributed by atoms with E-state index in [0.717, 1.165) is 10.9 Å². The Morgan fingerprint density at radius 1 is 1.21 bits per heavy atom. The number of nitrogens with one attached hydrogen (secondary N) is 1. The number of aromatic amines is 1. The maximum Gasteiger partial charge on any atom is 0.168 e. The van der Waals surface area contributed by atoms with E-state index >= 15 is 0 Å². The number of rotatable bonds is 4. The van der Waals surface area contributed by atoms with Gasteiger partial charge in [0.05, 0.1) is 0 Å². The molecule has 1 heterocycles. The molecule has 1 aromatic carbocycles. The molecule has 0 bridgehead atoms. The van der Waals surface area contributed by atoms with E-state index in [9.17, 15) is 9.18 Å². The third kappa shape index (κ3) is 1.88. The molecule has 3 heteroatoms. The summed E-state index contributed by atoms with van der Waals surface area (Å²) in [6, 6.07) is 4.59. The van der Waals surface area contributed by atoms with Crippen molar-refractivity contribution in [3.05, 3.63) is 35.8 Å². The minimum atomic E-state index is -0.269. The zero-order chi connectivity index (χ0) is 13.0. The summed E-state index contributed by atoms with van der Waals surface area (Å²) in [4.78, 5) is 15.8. The number of aromatic nitrogens is 1. The number of Topliss-reactive ketones (excluding diaryl/α,β-unsaturated/α-hetero) is 1. The first-order valence-corrected chi connectivity index (χ1v) is 7.05.